The summed E-state index contributed by atoms with van der Waals surface area (Å²) < 4.78 is 5.03. The molecule has 16 heavy (non-hydrogen) atoms. The Balaban J connectivity index is 2.22. The predicted octanol–water partition coefficient (Wildman–Crippen LogP) is 0.977. The molecule has 4 heteroatoms. The largest absolute Gasteiger partial charge is 0.504 e. The van der Waals surface area contributed by atoms with Crippen LogP contribution in [0.2, 0.25) is 0 Å². The zero-order valence-electron chi connectivity index (χ0n) is 9.73. The third-order valence-electron chi connectivity index (χ3n) is 3.10. The first-order valence-electron chi connectivity index (χ1n) is 5.50. The summed E-state index contributed by atoms with van der Waals surface area (Å²) in [6, 6.07) is 5.93. The molecular weight excluding hydrogens is 204 g/mol. The van der Waals surface area contributed by atoms with Gasteiger partial charge in [0.05, 0.1) is 7.11 Å². The van der Waals surface area contributed by atoms with Crippen molar-refractivity contribution in [1.82, 2.24) is 10.2 Å². The fourth-order valence-electron chi connectivity index (χ4n) is 2.09. The highest BCUT2D eigenvalue weighted by molar-refractivity contribution is 5.42. The highest BCUT2D eigenvalue weighted by Crippen LogP contribution is 2.30. The van der Waals surface area contributed by atoms with E-state index in [4.69, 9.17) is 4.74 Å². The minimum Gasteiger partial charge on any atom is -0.504 e. The lowest BCUT2D eigenvalue weighted by molar-refractivity contribution is 0.202. The van der Waals surface area contributed by atoms with Crippen molar-refractivity contribution in [2.24, 2.45) is 0 Å². The highest BCUT2D eigenvalue weighted by atomic mass is 16.5. The van der Waals surface area contributed by atoms with Crippen LogP contribution < -0.4 is 10.1 Å². The van der Waals surface area contributed by atoms with Crippen LogP contribution in [0.25, 0.3) is 0 Å². The topological polar surface area (TPSA) is 44.7 Å². The van der Waals surface area contributed by atoms with Crippen LogP contribution in [0.5, 0.6) is 11.5 Å². The lowest BCUT2D eigenvalue weighted by Gasteiger charge is -2.33. The van der Waals surface area contributed by atoms with Crippen LogP contribution in [0, 0.1) is 0 Å². The van der Waals surface area contributed by atoms with Gasteiger partial charge in [-0.3, -0.25) is 4.90 Å². The number of rotatable bonds is 2. The van der Waals surface area contributed by atoms with Crippen molar-refractivity contribution < 1.29 is 9.84 Å². The Hall–Kier alpha value is -1.26. The molecule has 1 atom stereocenters. The van der Waals surface area contributed by atoms with Crippen molar-refractivity contribution in [3.8, 4) is 11.5 Å². The van der Waals surface area contributed by atoms with Gasteiger partial charge in [-0.15, -0.1) is 0 Å². The Morgan fingerprint density at radius 3 is 2.94 bits per heavy atom. The Bertz CT molecular complexity index is 368. The van der Waals surface area contributed by atoms with E-state index in [0.717, 1.165) is 25.2 Å². The van der Waals surface area contributed by atoms with E-state index in [-0.39, 0.29) is 5.75 Å². The summed E-state index contributed by atoms with van der Waals surface area (Å²) in [5, 5.41) is 13.1. The van der Waals surface area contributed by atoms with Crippen molar-refractivity contribution in [2.75, 3.05) is 33.8 Å². The van der Waals surface area contributed by atoms with Crippen molar-refractivity contribution in [1.29, 1.82) is 0 Å². The van der Waals surface area contributed by atoms with E-state index < -0.39 is 0 Å². The summed E-state index contributed by atoms with van der Waals surface area (Å²) in [5.41, 5.74) is 1.12. The van der Waals surface area contributed by atoms with Crippen LogP contribution in [0.1, 0.15) is 11.6 Å². The summed E-state index contributed by atoms with van der Waals surface area (Å²) in [4.78, 5) is 2.29. The molecule has 1 aliphatic heterocycles. The molecule has 0 radical (unpaired) electrons. The van der Waals surface area contributed by atoms with Gasteiger partial charge in [0, 0.05) is 25.7 Å². The van der Waals surface area contributed by atoms with Crippen molar-refractivity contribution >= 4 is 0 Å². The third kappa shape index (κ3) is 2.13. The average Bonchev–Trinajstić information content (AvgIpc) is 2.29. The van der Waals surface area contributed by atoms with Gasteiger partial charge in [-0.25, -0.2) is 0 Å². The second-order valence-electron chi connectivity index (χ2n) is 4.13. The number of phenols is 1. The normalized spacial score (nSPS) is 22.0. The third-order valence-corrected chi connectivity index (χ3v) is 3.10. The van der Waals surface area contributed by atoms with Gasteiger partial charge >= 0.3 is 0 Å². The molecule has 1 fully saturated rings. The van der Waals surface area contributed by atoms with E-state index in [1.54, 1.807) is 13.2 Å². The maximum atomic E-state index is 9.74. The molecule has 2 rings (SSSR count). The van der Waals surface area contributed by atoms with E-state index in [9.17, 15) is 5.11 Å². The minimum atomic E-state index is 0.207. The van der Waals surface area contributed by atoms with E-state index in [1.807, 2.05) is 12.1 Å². The molecule has 0 amide bonds. The molecule has 0 bridgehead atoms. The Kier molecular flexibility index (Phi) is 3.31. The highest BCUT2D eigenvalue weighted by Gasteiger charge is 2.21. The van der Waals surface area contributed by atoms with Gasteiger partial charge < -0.3 is 15.2 Å². The molecule has 2 N–H and O–H groups in total. The molecular formula is C12H18N2O2. The van der Waals surface area contributed by atoms with Gasteiger partial charge in [-0.2, -0.15) is 0 Å². The zero-order valence-corrected chi connectivity index (χ0v) is 9.73. The number of hydrogen-bond donors (Lipinski definition) is 2. The number of methoxy groups -OCH3 is 1. The van der Waals surface area contributed by atoms with Gasteiger partial charge in [0.2, 0.25) is 0 Å². The van der Waals surface area contributed by atoms with Crippen molar-refractivity contribution in [3.05, 3.63) is 23.8 Å². The first kappa shape index (κ1) is 11.2. The number of nitrogens with one attached hydrogen (secondary N) is 1. The van der Waals surface area contributed by atoms with E-state index in [0.29, 0.717) is 11.8 Å². The molecule has 0 aromatic heterocycles. The summed E-state index contributed by atoms with van der Waals surface area (Å²) in [5.74, 6) is 0.731. The number of benzene rings is 1. The molecule has 1 aliphatic rings. The molecule has 1 heterocycles. The number of nitrogens with zero attached hydrogens (tertiary/aromatic N) is 1. The zero-order chi connectivity index (χ0) is 11.5. The Morgan fingerprint density at radius 2 is 2.31 bits per heavy atom. The summed E-state index contributed by atoms with van der Waals surface area (Å²) in [6.07, 6.45) is 0. The van der Waals surface area contributed by atoms with Gasteiger partial charge in [0.25, 0.3) is 0 Å². The van der Waals surface area contributed by atoms with Crippen LogP contribution in [0.3, 0.4) is 0 Å². The lowest BCUT2D eigenvalue weighted by atomic mass is 10.0. The SMILES string of the molecule is COc1ccc(C2CNCCN2C)cc1O. The maximum absolute atomic E-state index is 9.74. The van der Waals surface area contributed by atoms with Crippen LogP contribution in [0.15, 0.2) is 18.2 Å². The van der Waals surface area contributed by atoms with Crippen molar-refractivity contribution in [2.45, 2.75) is 6.04 Å². The number of aromatic hydroxyl groups is 1. The number of likely N-dealkylation sites (N-methyl/N-ethyl adjacent to an activating group) is 1. The molecule has 0 aliphatic carbocycles. The van der Waals surface area contributed by atoms with Crippen LogP contribution in [-0.2, 0) is 0 Å². The lowest BCUT2D eigenvalue weighted by Crippen LogP contribution is -2.43. The molecule has 1 unspecified atom stereocenters. The molecule has 0 spiro atoms. The average molecular weight is 222 g/mol. The van der Waals surface area contributed by atoms with Crippen LogP contribution in [0.4, 0.5) is 0 Å². The quantitative estimate of drug-likeness (QED) is 0.783. The minimum absolute atomic E-state index is 0.207. The van der Waals surface area contributed by atoms with Gasteiger partial charge in [-0.05, 0) is 24.7 Å². The fraction of sp³-hybridized carbons (Fsp3) is 0.500. The number of hydrogen-bond acceptors (Lipinski definition) is 4. The monoisotopic (exact) mass is 222 g/mol. The van der Waals surface area contributed by atoms with Crippen LogP contribution in [-0.4, -0.2) is 43.8 Å². The summed E-state index contributed by atoms with van der Waals surface area (Å²) in [7, 11) is 3.66. The Morgan fingerprint density at radius 1 is 1.50 bits per heavy atom. The van der Waals surface area contributed by atoms with Gasteiger partial charge in [0.1, 0.15) is 0 Å². The van der Waals surface area contributed by atoms with E-state index >= 15 is 0 Å². The second kappa shape index (κ2) is 4.72. The van der Waals surface area contributed by atoms with Gasteiger partial charge in [0.15, 0.2) is 11.5 Å². The first-order valence-corrected chi connectivity index (χ1v) is 5.50. The van der Waals surface area contributed by atoms with Crippen molar-refractivity contribution in [3.63, 3.8) is 0 Å². The molecule has 0 saturated carbocycles. The summed E-state index contributed by atoms with van der Waals surface area (Å²) >= 11 is 0. The molecule has 1 aromatic rings. The smallest absolute Gasteiger partial charge is 0.160 e. The van der Waals surface area contributed by atoms with Gasteiger partial charge in [-0.1, -0.05) is 6.07 Å². The fourth-order valence-corrected chi connectivity index (χ4v) is 2.09. The van der Waals surface area contributed by atoms with E-state index in [1.165, 1.54) is 0 Å². The number of ether oxygens (including phenoxy) is 1. The molecule has 1 aromatic carbocycles. The predicted molar refractivity (Wildman–Crippen MR) is 62.9 cm³/mol. The summed E-state index contributed by atoms with van der Waals surface area (Å²) in [6.45, 7) is 2.97. The number of phenolic OH excluding ortho intramolecular Hbond substituents is 1. The molecule has 88 valence electrons. The maximum Gasteiger partial charge on any atom is 0.160 e. The van der Waals surface area contributed by atoms with E-state index in [2.05, 4.69) is 17.3 Å². The Labute approximate surface area is 95.8 Å². The standard InChI is InChI=1S/C12H18N2O2/c1-14-6-5-13-8-10(14)9-3-4-12(16-2)11(15)7-9/h3-4,7,10,13,15H,5-6,8H2,1-2H3. The van der Waals surface area contributed by atoms with Crippen LogP contribution >= 0.6 is 0 Å². The molecule has 4 nitrogen and oxygen atoms in total. The second-order valence-corrected chi connectivity index (χ2v) is 4.13. The number of piperazine rings is 1. The molecule has 1 saturated heterocycles. The first-order chi connectivity index (χ1) is 7.72.